The largest absolute Gasteiger partial charge is 0.489 e. The smallest absolute Gasteiger partial charge is 0.289 e. The topological polar surface area (TPSA) is 64.8 Å². The summed E-state index contributed by atoms with van der Waals surface area (Å²) in [4.78, 5) is 18.5. The maximum absolute atomic E-state index is 12.8. The predicted octanol–water partition coefficient (Wildman–Crippen LogP) is 3.65. The minimum Gasteiger partial charge on any atom is -0.489 e. The number of nitrogens with zero attached hydrogens (tertiary/aromatic N) is 2. The number of amides is 1. The standard InChI is InChI=1S/C23H19ClN2O4/c24-18-12-20(14-25-13-18)29-16-21-15-26(10-11-28-21)23(27)22-9-8-19(30-22)7-6-17-4-2-1-3-5-17/h1-5,8-9,12-14,21H,10-11,15-16H2. The Morgan fingerprint density at radius 2 is 2.07 bits per heavy atom. The summed E-state index contributed by atoms with van der Waals surface area (Å²) in [5, 5.41) is 0.498. The first-order chi connectivity index (χ1) is 14.7. The van der Waals surface area contributed by atoms with E-state index in [0.29, 0.717) is 36.2 Å². The van der Waals surface area contributed by atoms with Gasteiger partial charge in [0.2, 0.25) is 0 Å². The van der Waals surface area contributed by atoms with E-state index in [0.717, 1.165) is 5.56 Å². The minimum absolute atomic E-state index is 0.194. The lowest BCUT2D eigenvalue weighted by Crippen LogP contribution is -2.47. The molecule has 1 unspecified atom stereocenters. The Bertz CT molecular complexity index is 1070. The van der Waals surface area contributed by atoms with Gasteiger partial charge in [0.05, 0.1) is 24.4 Å². The van der Waals surface area contributed by atoms with Crippen LogP contribution in [0.3, 0.4) is 0 Å². The zero-order valence-corrected chi connectivity index (χ0v) is 16.8. The molecule has 0 aliphatic carbocycles. The van der Waals surface area contributed by atoms with Crippen LogP contribution in [0.15, 0.2) is 65.3 Å². The fourth-order valence-electron chi connectivity index (χ4n) is 3.00. The number of benzene rings is 1. The number of carbonyl (C=O) groups is 1. The van der Waals surface area contributed by atoms with Gasteiger partial charge in [0.25, 0.3) is 5.91 Å². The second-order valence-corrected chi connectivity index (χ2v) is 7.11. The summed E-state index contributed by atoms with van der Waals surface area (Å²) < 4.78 is 17.0. The molecular weight excluding hydrogens is 404 g/mol. The van der Waals surface area contributed by atoms with Crippen molar-refractivity contribution in [3.63, 3.8) is 0 Å². The molecule has 0 spiro atoms. The zero-order valence-electron chi connectivity index (χ0n) is 16.1. The third-order valence-electron chi connectivity index (χ3n) is 4.46. The fourth-order valence-corrected chi connectivity index (χ4v) is 3.16. The number of hydrogen-bond acceptors (Lipinski definition) is 5. The van der Waals surface area contributed by atoms with E-state index in [2.05, 4.69) is 16.8 Å². The van der Waals surface area contributed by atoms with Crippen molar-refractivity contribution in [2.24, 2.45) is 0 Å². The van der Waals surface area contributed by atoms with Gasteiger partial charge in [-0.15, -0.1) is 0 Å². The molecule has 1 aliphatic rings. The summed E-state index contributed by atoms with van der Waals surface area (Å²) in [7, 11) is 0. The van der Waals surface area contributed by atoms with Crippen LogP contribution in [0.5, 0.6) is 5.75 Å². The van der Waals surface area contributed by atoms with Crippen LogP contribution in [0.1, 0.15) is 21.9 Å². The lowest BCUT2D eigenvalue weighted by Gasteiger charge is -2.32. The molecule has 6 nitrogen and oxygen atoms in total. The van der Waals surface area contributed by atoms with Gasteiger partial charge in [0.1, 0.15) is 18.5 Å². The van der Waals surface area contributed by atoms with E-state index in [-0.39, 0.29) is 24.4 Å². The summed E-state index contributed by atoms with van der Waals surface area (Å²) in [5.41, 5.74) is 0.882. The van der Waals surface area contributed by atoms with Gasteiger partial charge < -0.3 is 18.8 Å². The molecule has 1 aromatic carbocycles. The Labute approximate surface area is 179 Å². The molecule has 1 fully saturated rings. The van der Waals surface area contributed by atoms with Crippen LogP contribution in [-0.2, 0) is 4.74 Å². The van der Waals surface area contributed by atoms with Gasteiger partial charge >= 0.3 is 0 Å². The number of rotatable bonds is 4. The van der Waals surface area contributed by atoms with Crippen molar-refractivity contribution in [1.82, 2.24) is 9.88 Å². The van der Waals surface area contributed by atoms with E-state index >= 15 is 0 Å². The average Bonchev–Trinajstić information content (AvgIpc) is 3.26. The van der Waals surface area contributed by atoms with E-state index < -0.39 is 0 Å². The van der Waals surface area contributed by atoms with Gasteiger partial charge in [-0.05, 0) is 30.2 Å². The number of halogens is 1. The first-order valence-electron chi connectivity index (χ1n) is 9.48. The summed E-state index contributed by atoms with van der Waals surface area (Å²) in [6, 6.07) is 14.6. The average molecular weight is 423 g/mol. The van der Waals surface area contributed by atoms with Gasteiger partial charge in [-0.1, -0.05) is 35.7 Å². The minimum atomic E-state index is -0.256. The first kappa shape index (κ1) is 20.0. The number of pyridine rings is 1. The Balaban J connectivity index is 1.35. The summed E-state index contributed by atoms with van der Waals surface area (Å²) in [5.74, 6) is 7.03. The normalized spacial score (nSPS) is 15.9. The highest BCUT2D eigenvalue weighted by atomic mass is 35.5. The van der Waals surface area contributed by atoms with Gasteiger partial charge in [0, 0.05) is 24.4 Å². The molecule has 7 heteroatoms. The molecule has 0 bridgehead atoms. The predicted molar refractivity (Wildman–Crippen MR) is 112 cm³/mol. The molecule has 0 saturated carbocycles. The Kier molecular flexibility index (Phi) is 6.33. The molecule has 3 heterocycles. The third kappa shape index (κ3) is 5.20. The van der Waals surface area contributed by atoms with Crippen molar-refractivity contribution in [3.05, 3.63) is 83.0 Å². The lowest BCUT2D eigenvalue weighted by atomic mass is 10.2. The highest BCUT2D eigenvalue weighted by Gasteiger charge is 2.27. The highest BCUT2D eigenvalue weighted by Crippen LogP contribution is 2.17. The first-order valence-corrected chi connectivity index (χ1v) is 9.86. The van der Waals surface area contributed by atoms with Gasteiger partial charge in [-0.25, -0.2) is 0 Å². The van der Waals surface area contributed by atoms with Gasteiger partial charge in [0.15, 0.2) is 11.5 Å². The molecular formula is C23H19ClN2O4. The summed E-state index contributed by atoms with van der Waals surface area (Å²) in [6.45, 7) is 1.60. The van der Waals surface area contributed by atoms with Crippen LogP contribution in [0.4, 0.5) is 0 Å². The summed E-state index contributed by atoms with van der Waals surface area (Å²) >= 11 is 5.91. The number of aromatic nitrogens is 1. The molecule has 0 N–H and O–H groups in total. The van der Waals surface area contributed by atoms with Crippen LogP contribution >= 0.6 is 11.6 Å². The van der Waals surface area contributed by atoms with E-state index in [1.165, 1.54) is 6.20 Å². The van der Waals surface area contributed by atoms with E-state index in [1.54, 1.807) is 29.3 Å². The second-order valence-electron chi connectivity index (χ2n) is 6.67. The molecule has 152 valence electrons. The van der Waals surface area contributed by atoms with Crippen molar-refractivity contribution >= 4 is 17.5 Å². The maximum Gasteiger partial charge on any atom is 0.289 e. The molecule has 4 rings (SSSR count). The van der Waals surface area contributed by atoms with Crippen molar-refractivity contribution in [1.29, 1.82) is 0 Å². The van der Waals surface area contributed by atoms with Crippen LogP contribution in [0.2, 0.25) is 5.02 Å². The Morgan fingerprint density at radius 1 is 1.20 bits per heavy atom. The van der Waals surface area contributed by atoms with Crippen LogP contribution < -0.4 is 4.74 Å². The fraction of sp³-hybridized carbons (Fsp3) is 0.217. The van der Waals surface area contributed by atoms with Crippen molar-refractivity contribution in [2.45, 2.75) is 6.10 Å². The molecule has 0 radical (unpaired) electrons. The van der Waals surface area contributed by atoms with Crippen LogP contribution in [-0.4, -0.2) is 48.2 Å². The molecule has 30 heavy (non-hydrogen) atoms. The van der Waals surface area contributed by atoms with Crippen molar-refractivity contribution < 1.29 is 18.7 Å². The molecule has 1 aliphatic heterocycles. The van der Waals surface area contributed by atoms with Crippen molar-refractivity contribution in [3.8, 4) is 17.6 Å². The zero-order chi connectivity index (χ0) is 20.8. The number of furan rings is 1. The third-order valence-corrected chi connectivity index (χ3v) is 4.67. The number of morpholine rings is 1. The van der Waals surface area contributed by atoms with E-state index in [4.69, 9.17) is 25.5 Å². The summed E-state index contributed by atoms with van der Waals surface area (Å²) in [6.07, 6.45) is 2.86. The monoisotopic (exact) mass is 422 g/mol. The molecule has 1 amide bonds. The maximum atomic E-state index is 12.8. The highest BCUT2D eigenvalue weighted by molar-refractivity contribution is 6.30. The Hall–Kier alpha value is -3.27. The van der Waals surface area contributed by atoms with Crippen LogP contribution in [0.25, 0.3) is 0 Å². The van der Waals surface area contributed by atoms with Crippen molar-refractivity contribution in [2.75, 3.05) is 26.3 Å². The second kappa shape index (κ2) is 9.49. The SMILES string of the molecule is O=C(c1ccc(C#Cc2ccccc2)o1)N1CCOC(COc2cncc(Cl)c2)C1. The Morgan fingerprint density at radius 3 is 2.90 bits per heavy atom. The quantitative estimate of drug-likeness (QED) is 0.600. The number of ether oxygens (including phenoxy) is 2. The molecule has 3 aromatic rings. The molecule has 1 atom stereocenters. The van der Waals surface area contributed by atoms with Gasteiger partial charge in [-0.2, -0.15) is 0 Å². The number of hydrogen-bond donors (Lipinski definition) is 0. The van der Waals surface area contributed by atoms with E-state index in [1.807, 2.05) is 30.3 Å². The molecule has 2 aromatic heterocycles. The van der Waals surface area contributed by atoms with Gasteiger partial charge in [-0.3, -0.25) is 9.78 Å². The van der Waals surface area contributed by atoms with Crippen LogP contribution in [0, 0.1) is 11.8 Å². The number of carbonyl (C=O) groups excluding carboxylic acids is 1. The molecule has 1 saturated heterocycles. The lowest BCUT2D eigenvalue weighted by molar-refractivity contribution is -0.0408. The van der Waals surface area contributed by atoms with E-state index in [9.17, 15) is 4.79 Å².